The van der Waals surface area contributed by atoms with E-state index in [0.29, 0.717) is 4.83 Å². The fraction of sp³-hybridized carbons (Fsp3) is 1.00. The van der Waals surface area contributed by atoms with Crippen LogP contribution in [-0.2, 0) is 0 Å². The Morgan fingerprint density at radius 2 is 1.58 bits per heavy atom. The van der Waals surface area contributed by atoms with Gasteiger partial charge < -0.3 is 21.9 Å². The Kier molecular flexibility index (Phi) is 10.9. The van der Waals surface area contributed by atoms with Crippen molar-refractivity contribution in [3.8, 4) is 0 Å². The van der Waals surface area contributed by atoms with Crippen LogP contribution in [0.3, 0.4) is 0 Å². The number of rotatable bonds is 5. The molecule has 0 aromatic heterocycles. The van der Waals surface area contributed by atoms with Crippen LogP contribution in [0.15, 0.2) is 0 Å². The fourth-order valence-corrected chi connectivity index (χ4v) is 1.88. The predicted molar refractivity (Wildman–Crippen MR) is 54.5 cm³/mol. The zero-order valence-electron chi connectivity index (χ0n) is 8.53. The third kappa shape index (κ3) is 4.83. The van der Waals surface area contributed by atoms with Crippen LogP contribution in [0.5, 0.6) is 0 Å². The number of alkyl halides is 1. The smallest absolute Gasteiger partial charge is 0.0972 e. The van der Waals surface area contributed by atoms with Crippen LogP contribution in [0.2, 0.25) is 0 Å². The van der Waals surface area contributed by atoms with Crippen LogP contribution in [-0.4, -0.2) is 24.0 Å². The van der Waals surface area contributed by atoms with E-state index in [2.05, 4.69) is 43.6 Å². The second-order valence-corrected chi connectivity index (χ2v) is 4.25. The number of quaternary nitrogens is 1. The maximum absolute atomic E-state index is 3.70. The molecular formula is C9H21Br2N. The number of hydrogen-bond donors (Lipinski definition) is 1. The van der Waals surface area contributed by atoms with E-state index in [1.807, 2.05) is 0 Å². The SMILES string of the molecule is CCC(Br)C(C)[NH+](CC)CC.[Br-]. The molecule has 0 saturated carbocycles. The molecule has 0 aliphatic rings. The second kappa shape index (κ2) is 8.52. The molecule has 1 N–H and O–H groups in total. The highest BCUT2D eigenvalue weighted by Gasteiger charge is 2.20. The zero-order valence-corrected chi connectivity index (χ0v) is 11.7. The van der Waals surface area contributed by atoms with Crippen molar-refractivity contribution < 1.29 is 21.9 Å². The topological polar surface area (TPSA) is 4.44 Å². The lowest BCUT2D eigenvalue weighted by Gasteiger charge is -2.26. The summed E-state index contributed by atoms with van der Waals surface area (Å²) in [6.07, 6.45) is 1.23. The van der Waals surface area contributed by atoms with E-state index in [1.54, 1.807) is 4.90 Å². The van der Waals surface area contributed by atoms with E-state index in [-0.39, 0.29) is 17.0 Å². The summed E-state index contributed by atoms with van der Waals surface area (Å²) in [7, 11) is 0. The van der Waals surface area contributed by atoms with Crippen molar-refractivity contribution in [1.82, 2.24) is 0 Å². The van der Waals surface area contributed by atoms with Crippen molar-refractivity contribution in [1.29, 1.82) is 0 Å². The Hall–Kier alpha value is 0.920. The Balaban J connectivity index is 0. The first kappa shape index (κ1) is 15.4. The molecule has 0 aliphatic heterocycles. The lowest BCUT2D eigenvalue weighted by molar-refractivity contribution is -0.919. The normalized spacial score (nSPS) is 15.5. The van der Waals surface area contributed by atoms with Crippen molar-refractivity contribution in [2.75, 3.05) is 13.1 Å². The molecular weight excluding hydrogens is 282 g/mol. The summed E-state index contributed by atoms with van der Waals surface area (Å²) < 4.78 is 0. The summed E-state index contributed by atoms with van der Waals surface area (Å²) in [6.45, 7) is 11.5. The van der Waals surface area contributed by atoms with Gasteiger partial charge in [0, 0.05) is 0 Å². The summed E-state index contributed by atoms with van der Waals surface area (Å²) in [5, 5.41) is 0. The predicted octanol–water partition coefficient (Wildman–Crippen LogP) is -1.52. The number of nitrogens with one attached hydrogen (secondary N) is 1. The Morgan fingerprint density at radius 3 is 1.83 bits per heavy atom. The molecule has 0 rings (SSSR count). The van der Waals surface area contributed by atoms with Gasteiger partial charge in [0.15, 0.2) is 0 Å². The minimum atomic E-state index is 0. The largest absolute Gasteiger partial charge is 1.00 e. The van der Waals surface area contributed by atoms with Crippen molar-refractivity contribution in [3.05, 3.63) is 0 Å². The average molecular weight is 303 g/mol. The highest BCUT2D eigenvalue weighted by molar-refractivity contribution is 9.09. The first-order valence-corrected chi connectivity index (χ1v) is 5.57. The molecule has 0 radical (unpaired) electrons. The standard InChI is InChI=1S/C9H20BrN.BrH/c1-5-9(10)8(4)11(6-2)7-3;/h8-9H,5-7H2,1-4H3;1H. The van der Waals surface area contributed by atoms with Gasteiger partial charge in [0.25, 0.3) is 0 Å². The molecule has 2 unspecified atom stereocenters. The summed E-state index contributed by atoms with van der Waals surface area (Å²) in [6, 6.07) is 0.745. The van der Waals surface area contributed by atoms with Crippen LogP contribution in [0.4, 0.5) is 0 Å². The molecule has 0 fully saturated rings. The first-order valence-electron chi connectivity index (χ1n) is 4.65. The van der Waals surface area contributed by atoms with Crippen LogP contribution in [0.25, 0.3) is 0 Å². The van der Waals surface area contributed by atoms with Crippen LogP contribution < -0.4 is 21.9 Å². The molecule has 0 aromatic carbocycles. The molecule has 2 atom stereocenters. The number of hydrogen-bond acceptors (Lipinski definition) is 0. The quantitative estimate of drug-likeness (QED) is 0.588. The molecule has 0 aliphatic carbocycles. The minimum absolute atomic E-state index is 0. The van der Waals surface area contributed by atoms with Crippen molar-refractivity contribution >= 4 is 15.9 Å². The second-order valence-electron chi connectivity index (χ2n) is 3.08. The van der Waals surface area contributed by atoms with Gasteiger partial charge in [0.05, 0.1) is 24.0 Å². The van der Waals surface area contributed by atoms with Crippen molar-refractivity contribution in [2.24, 2.45) is 0 Å². The van der Waals surface area contributed by atoms with Gasteiger partial charge >= 0.3 is 0 Å². The summed E-state index contributed by atoms with van der Waals surface area (Å²) in [5.74, 6) is 0. The molecule has 0 amide bonds. The molecule has 0 saturated heterocycles. The van der Waals surface area contributed by atoms with Gasteiger partial charge in [-0.2, -0.15) is 0 Å². The lowest BCUT2D eigenvalue weighted by atomic mass is 10.1. The maximum atomic E-state index is 3.70. The summed E-state index contributed by atoms with van der Waals surface area (Å²) >= 11 is 3.70. The van der Waals surface area contributed by atoms with Crippen LogP contribution in [0.1, 0.15) is 34.1 Å². The van der Waals surface area contributed by atoms with E-state index in [0.717, 1.165) is 6.04 Å². The maximum Gasteiger partial charge on any atom is 0.0972 e. The van der Waals surface area contributed by atoms with Gasteiger partial charge in [-0.05, 0) is 27.2 Å². The van der Waals surface area contributed by atoms with Gasteiger partial charge in [-0.1, -0.05) is 22.9 Å². The molecule has 1 nitrogen and oxygen atoms in total. The summed E-state index contributed by atoms with van der Waals surface area (Å²) in [5.41, 5.74) is 0. The molecule has 12 heavy (non-hydrogen) atoms. The van der Waals surface area contributed by atoms with Crippen molar-refractivity contribution in [2.45, 2.75) is 45.0 Å². The average Bonchev–Trinajstić information content (AvgIpc) is 2.05. The molecule has 0 bridgehead atoms. The molecule has 3 heteroatoms. The number of halogens is 2. The first-order chi connectivity index (χ1) is 5.17. The highest BCUT2D eigenvalue weighted by atomic mass is 79.9. The van der Waals surface area contributed by atoms with E-state index >= 15 is 0 Å². The Morgan fingerprint density at radius 1 is 1.17 bits per heavy atom. The van der Waals surface area contributed by atoms with E-state index in [4.69, 9.17) is 0 Å². The molecule has 0 heterocycles. The van der Waals surface area contributed by atoms with E-state index in [9.17, 15) is 0 Å². The third-order valence-electron chi connectivity index (χ3n) is 2.48. The van der Waals surface area contributed by atoms with Gasteiger partial charge in [-0.3, -0.25) is 0 Å². The lowest BCUT2D eigenvalue weighted by Crippen LogP contribution is -3.15. The molecule has 76 valence electrons. The fourth-order valence-electron chi connectivity index (χ4n) is 1.50. The van der Waals surface area contributed by atoms with Gasteiger partial charge in [-0.15, -0.1) is 0 Å². The van der Waals surface area contributed by atoms with Gasteiger partial charge in [0.2, 0.25) is 0 Å². The Bertz CT molecular complexity index is 94.5. The van der Waals surface area contributed by atoms with Crippen LogP contribution in [0, 0.1) is 0 Å². The molecule has 0 aromatic rings. The molecule has 0 spiro atoms. The van der Waals surface area contributed by atoms with Crippen molar-refractivity contribution in [3.63, 3.8) is 0 Å². The van der Waals surface area contributed by atoms with E-state index in [1.165, 1.54) is 19.5 Å². The van der Waals surface area contributed by atoms with E-state index < -0.39 is 0 Å². The van der Waals surface area contributed by atoms with Gasteiger partial charge in [0.1, 0.15) is 0 Å². The zero-order chi connectivity index (χ0) is 8.85. The van der Waals surface area contributed by atoms with Crippen LogP contribution >= 0.6 is 15.9 Å². The highest BCUT2D eigenvalue weighted by Crippen LogP contribution is 2.06. The minimum Gasteiger partial charge on any atom is -1.00 e. The monoisotopic (exact) mass is 301 g/mol. The van der Waals surface area contributed by atoms with Gasteiger partial charge in [-0.25, -0.2) is 0 Å². The Labute approximate surface area is 95.8 Å². The third-order valence-corrected chi connectivity index (χ3v) is 3.93. The summed E-state index contributed by atoms with van der Waals surface area (Å²) in [4.78, 5) is 2.37.